The van der Waals surface area contributed by atoms with Crippen molar-refractivity contribution in [2.24, 2.45) is 4.99 Å². The van der Waals surface area contributed by atoms with E-state index < -0.39 is 0 Å². The van der Waals surface area contributed by atoms with E-state index in [0.717, 1.165) is 45.9 Å². The maximum absolute atomic E-state index is 11.6. The Labute approximate surface area is 132 Å². The Morgan fingerprint density at radius 3 is 2.68 bits per heavy atom. The van der Waals surface area contributed by atoms with Gasteiger partial charge in [-0.1, -0.05) is 0 Å². The molecule has 1 aliphatic rings. The lowest BCUT2D eigenvalue weighted by Gasteiger charge is -2.26. The first-order chi connectivity index (χ1) is 10.8. The first-order valence-corrected chi connectivity index (χ1v) is 7.84. The molecule has 22 heavy (non-hydrogen) atoms. The second-order valence-corrected chi connectivity index (χ2v) is 4.92. The lowest BCUT2D eigenvalue weighted by atomic mass is 10.4. The summed E-state index contributed by atoms with van der Waals surface area (Å²) in [6, 6.07) is 0. The van der Waals surface area contributed by atoms with Crippen molar-refractivity contribution in [1.29, 1.82) is 0 Å². The molecule has 1 aliphatic heterocycles. The van der Waals surface area contributed by atoms with Crippen LogP contribution in [0.4, 0.5) is 0 Å². The lowest BCUT2D eigenvalue weighted by Crippen LogP contribution is -2.44. The van der Waals surface area contributed by atoms with Gasteiger partial charge in [-0.25, -0.2) is 4.99 Å². The Kier molecular flexibility index (Phi) is 10.3. The van der Waals surface area contributed by atoms with Gasteiger partial charge in [-0.2, -0.15) is 0 Å². The zero-order valence-corrected chi connectivity index (χ0v) is 13.7. The molecule has 0 aromatic rings. The van der Waals surface area contributed by atoms with Crippen LogP contribution in [0.2, 0.25) is 0 Å². The number of hydrogen-bond acceptors (Lipinski definition) is 5. The van der Waals surface area contributed by atoms with Crippen LogP contribution in [0.5, 0.6) is 0 Å². The summed E-state index contributed by atoms with van der Waals surface area (Å²) >= 11 is 0. The predicted molar refractivity (Wildman–Crippen MR) is 86.1 cm³/mol. The quantitative estimate of drug-likeness (QED) is 0.277. The molecule has 1 heterocycles. The molecule has 0 aliphatic carbocycles. The second kappa shape index (κ2) is 12.2. The number of nitrogens with one attached hydrogen (secondary N) is 3. The normalized spacial score (nSPS) is 16.4. The number of carbonyl (C=O) groups is 1. The van der Waals surface area contributed by atoms with Crippen molar-refractivity contribution in [3.8, 4) is 0 Å². The number of ether oxygens (including phenoxy) is 2. The molecule has 0 saturated carbocycles. The predicted octanol–water partition coefficient (Wildman–Crippen LogP) is -1.36. The monoisotopic (exact) mass is 315 g/mol. The van der Waals surface area contributed by atoms with Gasteiger partial charge in [-0.05, 0) is 6.92 Å². The molecule has 8 heteroatoms. The average molecular weight is 315 g/mol. The van der Waals surface area contributed by atoms with Crippen molar-refractivity contribution in [3.05, 3.63) is 0 Å². The topological polar surface area (TPSA) is 87.2 Å². The smallest absolute Gasteiger partial charge is 0.241 e. The number of rotatable bonds is 9. The average Bonchev–Trinajstić information content (AvgIpc) is 2.54. The Hall–Kier alpha value is -1.38. The highest BCUT2D eigenvalue weighted by atomic mass is 16.5. The summed E-state index contributed by atoms with van der Waals surface area (Å²) < 4.78 is 10.2. The molecule has 1 amide bonds. The molecule has 0 radical (unpaired) electrons. The molecule has 0 bridgehead atoms. The van der Waals surface area contributed by atoms with Crippen LogP contribution in [0.1, 0.15) is 6.92 Å². The zero-order chi connectivity index (χ0) is 16.0. The molecule has 0 unspecified atom stereocenters. The van der Waals surface area contributed by atoms with Gasteiger partial charge in [0.15, 0.2) is 5.96 Å². The maximum Gasteiger partial charge on any atom is 0.241 e. The fraction of sp³-hybridized carbons (Fsp3) is 0.857. The van der Waals surface area contributed by atoms with Crippen molar-refractivity contribution in [1.82, 2.24) is 20.9 Å². The number of hydrogen-bond donors (Lipinski definition) is 3. The molecule has 8 nitrogen and oxygen atoms in total. The van der Waals surface area contributed by atoms with Gasteiger partial charge in [0.25, 0.3) is 0 Å². The van der Waals surface area contributed by atoms with E-state index in [0.29, 0.717) is 19.1 Å². The minimum Gasteiger partial charge on any atom is -0.383 e. The number of morpholine rings is 1. The van der Waals surface area contributed by atoms with E-state index in [4.69, 9.17) is 9.47 Å². The van der Waals surface area contributed by atoms with Gasteiger partial charge < -0.3 is 25.4 Å². The van der Waals surface area contributed by atoms with Crippen LogP contribution < -0.4 is 16.0 Å². The molecule has 0 spiro atoms. The lowest BCUT2D eigenvalue weighted by molar-refractivity contribution is -0.119. The number of carbonyl (C=O) groups excluding carboxylic acids is 1. The van der Waals surface area contributed by atoms with Crippen molar-refractivity contribution >= 4 is 11.9 Å². The Bertz CT molecular complexity index is 332. The van der Waals surface area contributed by atoms with E-state index in [-0.39, 0.29) is 12.5 Å². The number of amides is 1. The van der Waals surface area contributed by atoms with Crippen LogP contribution in [0.25, 0.3) is 0 Å². The van der Waals surface area contributed by atoms with Crippen LogP contribution in [-0.2, 0) is 14.3 Å². The van der Waals surface area contributed by atoms with Gasteiger partial charge in [0.2, 0.25) is 5.91 Å². The Balaban J connectivity index is 2.23. The van der Waals surface area contributed by atoms with Crippen molar-refractivity contribution in [3.63, 3.8) is 0 Å². The minimum atomic E-state index is -0.109. The van der Waals surface area contributed by atoms with Gasteiger partial charge in [-0.3, -0.25) is 9.69 Å². The van der Waals surface area contributed by atoms with E-state index in [9.17, 15) is 4.79 Å². The molecule has 128 valence electrons. The summed E-state index contributed by atoms with van der Waals surface area (Å²) in [6.07, 6.45) is 0. The van der Waals surface area contributed by atoms with Gasteiger partial charge in [0.05, 0.1) is 19.8 Å². The molecule has 3 N–H and O–H groups in total. The van der Waals surface area contributed by atoms with Crippen LogP contribution in [0, 0.1) is 0 Å². The molecule has 1 saturated heterocycles. The van der Waals surface area contributed by atoms with Crippen LogP contribution in [0.15, 0.2) is 4.99 Å². The highest BCUT2D eigenvalue weighted by molar-refractivity contribution is 5.84. The van der Waals surface area contributed by atoms with Crippen molar-refractivity contribution in [2.45, 2.75) is 6.92 Å². The van der Waals surface area contributed by atoms with Gasteiger partial charge >= 0.3 is 0 Å². The van der Waals surface area contributed by atoms with Gasteiger partial charge in [-0.15, -0.1) is 0 Å². The third kappa shape index (κ3) is 8.81. The van der Waals surface area contributed by atoms with E-state index in [2.05, 4.69) is 25.8 Å². The Morgan fingerprint density at radius 1 is 1.23 bits per heavy atom. The summed E-state index contributed by atoms with van der Waals surface area (Å²) in [4.78, 5) is 18.2. The summed E-state index contributed by atoms with van der Waals surface area (Å²) in [6.45, 7) is 9.15. The summed E-state index contributed by atoms with van der Waals surface area (Å²) in [5.74, 6) is 0.556. The molecule has 1 fully saturated rings. The van der Waals surface area contributed by atoms with E-state index in [1.165, 1.54) is 0 Å². The van der Waals surface area contributed by atoms with Crippen molar-refractivity contribution < 1.29 is 14.3 Å². The summed E-state index contributed by atoms with van der Waals surface area (Å²) in [5, 5.41) is 9.12. The molecule has 1 rings (SSSR count). The minimum absolute atomic E-state index is 0.108. The van der Waals surface area contributed by atoms with E-state index >= 15 is 0 Å². The highest BCUT2D eigenvalue weighted by Crippen LogP contribution is 1.94. The largest absolute Gasteiger partial charge is 0.383 e. The highest BCUT2D eigenvalue weighted by Gasteiger charge is 2.09. The molecule has 0 aromatic carbocycles. The van der Waals surface area contributed by atoms with Gasteiger partial charge in [0.1, 0.15) is 6.54 Å². The van der Waals surface area contributed by atoms with Gasteiger partial charge in [0, 0.05) is 46.4 Å². The third-order valence-corrected chi connectivity index (χ3v) is 3.18. The van der Waals surface area contributed by atoms with Crippen LogP contribution >= 0.6 is 0 Å². The Morgan fingerprint density at radius 2 is 2.00 bits per heavy atom. The molecular weight excluding hydrogens is 286 g/mol. The van der Waals surface area contributed by atoms with E-state index in [1.54, 1.807) is 7.11 Å². The second-order valence-electron chi connectivity index (χ2n) is 4.92. The summed E-state index contributed by atoms with van der Waals surface area (Å²) in [5.41, 5.74) is 0. The third-order valence-electron chi connectivity index (χ3n) is 3.18. The first-order valence-electron chi connectivity index (χ1n) is 7.84. The first kappa shape index (κ1) is 18.7. The number of aliphatic imine (C=N–C) groups is 1. The number of guanidine groups is 1. The zero-order valence-electron chi connectivity index (χ0n) is 13.7. The van der Waals surface area contributed by atoms with E-state index in [1.807, 2.05) is 6.92 Å². The molecule has 0 aromatic heterocycles. The van der Waals surface area contributed by atoms with Crippen LogP contribution in [0.3, 0.4) is 0 Å². The maximum atomic E-state index is 11.6. The SMILES string of the molecule is CCNC(=NCC(=O)NCCOC)NCCN1CCOCC1. The number of methoxy groups -OCH3 is 1. The number of nitrogens with zero attached hydrogens (tertiary/aromatic N) is 2. The molecule has 0 atom stereocenters. The summed E-state index contributed by atoms with van der Waals surface area (Å²) in [7, 11) is 1.60. The molecular formula is C14H29N5O3. The standard InChI is InChI=1S/C14H29N5O3/c1-3-15-14(18-12-13(20)16-5-9-21-2)17-4-6-19-7-10-22-11-8-19/h3-12H2,1-2H3,(H,16,20)(H2,15,17,18). The fourth-order valence-electron chi connectivity index (χ4n) is 2.00. The van der Waals surface area contributed by atoms with Crippen molar-refractivity contribution in [2.75, 3.05) is 72.7 Å². The van der Waals surface area contributed by atoms with Crippen LogP contribution in [-0.4, -0.2) is 89.5 Å². The fourth-order valence-corrected chi connectivity index (χ4v) is 2.00.